The van der Waals surface area contributed by atoms with E-state index in [2.05, 4.69) is 97.0 Å². The highest BCUT2D eigenvalue weighted by atomic mass is 28.4. The van der Waals surface area contributed by atoms with Crippen LogP contribution in [0.2, 0.25) is 18.1 Å². The summed E-state index contributed by atoms with van der Waals surface area (Å²) in [5.74, 6) is -0.546. The molecule has 0 aromatic heterocycles. The van der Waals surface area contributed by atoms with Crippen LogP contribution >= 0.6 is 0 Å². The van der Waals surface area contributed by atoms with E-state index in [1.807, 2.05) is 0 Å². The summed E-state index contributed by atoms with van der Waals surface area (Å²) >= 11 is 0. The number of hydrogen-bond acceptors (Lipinski definition) is 3. The molecule has 1 aromatic carbocycles. The maximum atomic E-state index is 6.72. The van der Waals surface area contributed by atoms with Gasteiger partial charge in [0, 0.05) is 19.0 Å². The molecule has 142 valence electrons. The summed E-state index contributed by atoms with van der Waals surface area (Å²) in [5.41, 5.74) is 1.40. The van der Waals surface area contributed by atoms with Crippen molar-refractivity contribution in [2.45, 2.75) is 91.4 Å². The van der Waals surface area contributed by atoms with Crippen LogP contribution in [-0.4, -0.2) is 25.2 Å². The van der Waals surface area contributed by atoms with E-state index in [0.717, 1.165) is 13.0 Å². The van der Waals surface area contributed by atoms with E-state index in [-0.39, 0.29) is 10.5 Å². The van der Waals surface area contributed by atoms with Crippen LogP contribution in [0.5, 0.6) is 0 Å². The monoisotopic (exact) mass is 363 g/mol. The molecule has 1 saturated heterocycles. The molecule has 0 spiro atoms. The average molecular weight is 364 g/mol. The fraction of sp³-hybridized carbons (Fsp3) is 0.714. The highest BCUT2D eigenvalue weighted by molar-refractivity contribution is 6.74. The molecule has 1 heterocycles. The van der Waals surface area contributed by atoms with Crippen molar-refractivity contribution in [3.05, 3.63) is 35.9 Å². The Morgan fingerprint density at radius 2 is 1.68 bits per heavy atom. The van der Waals surface area contributed by atoms with Crippen LogP contribution in [-0.2, 0) is 15.8 Å². The van der Waals surface area contributed by atoms with Crippen molar-refractivity contribution < 1.29 is 9.26 Å². The summed E-state index contributed by atoms with van der Waals surface area (Å²) in [6.07, 6.45) is 0.899. The lowest BCUT2D eigenvalue weighted by Crippen LogP contribution is -2.49. The summed E-state index contributed by atoms with van der Waals surface area (Å²) < 4.78 is 6.72. The van der Waals surface area contributed by atoms with Crippen molar-refractivity contribution in [2.75, 3.05) is 0 Å². The molecule has 1 fully saturated rings. The summed E-state index contributed by atoms with van der Waals surface area (Å²) in [5, 5.41) is 2.33. The number of benzene rings is 1. The zero-order valence-electron chi connectivity index (χ0n) is 17.6. The first-order chi connectivity index (χ1) is 11.2. The van der Waals surface area contributed by atoms with Gasteiger partial charge >= 0.3 is 0 Å². The summed E-state index contributed by atoms with van der Waals surface area (Å²) in [4.78, 5) is 6.47. The zero-order chi connectivity index (χ0) is 19.1. The van der Waals surface area contributed by atoms with Crippen molar-refractivity contribution in [1.82, 2.24) is 5.06 Å². The molecule has 0 saturated carbocycles. The lowest BCUT2D eigenvalue weighted by molar-refractivity contribution is -0.278. The van der Waals surface area contributed by atoms with Gasteiger partial charge in [0.15, 0.2) is 14.1 Å². The lowest BCUT2D eigenvalue weighted by atomic mass is 9.83. The predicted molar refractivity (Wildman–Crippen MR) is 108 cm³/mol. The fourth-order valence-corrected chi connectivity index (χ4v) is 4.71. The molecule has 1 aliphatic rings. The Morgan fingerprint density at radius 3 is 2.16 bits per heavy atom. The summed E-state index contributed by atoms with van der Waals surface area (Å²) in [6.45, 7) is 21.2. The van der Waals surface area contributed by atoms with Crippen LogP contribution in [0.4, 0.5) is 0 Å². The van der Waals surface area contributed by atoms with E-state index in [0.29, 0.717) is 6.04 Å². The van der Waals surface area contributed by atoms with E-state index < -0.39 is 14.1 Å². The number of rotatable bonds is 4. The number of nitrogens with zero attached hydrogens (tertiary/aromatic N) is 1. The molecule has 0 aliphatic carbocycles. The second-order valence-corrected chi connectivity index (χ2v) is 15.0. The third-order valence-corrected chi connectivity index (χ3v) is 10.2. The van der Waals surface area contributed by atoms with Gasteiger partial charge in [-0.05, 0) is 36.0 Å². The van der Waals surface area contributed by atoms with Crippen LogP contribution in [0.15, 0.2) is 30.3 Å². The van der Waals surface area contributed by atoms with E-state index in [1.54, 1.807) is 0 Å². The van der Waals surface area contributed by atoms with Crippen LogP contribution in [0.1, 0.15) is 60.5 Å². The maximum absolute atomic E-state index is 6.72. The Bertz CT molecular complexity index is 574. The molecule has 25 heavy (non-hydrogen) atoms. The third kappa shape index (κ3) is 4.94. The molecule has 0 radical (unpaired) electrons. The molecule has 1 aromatic rings. The van der Waals surface area contributed by atoms with E-state index in [9.17, 15) is 0 Å². The average Bonchev–Trinajstić information content (AvgIpc) is 2.74. The zero-order valence-corrected chi connectivity index (χ0v) is 18.6. The standard InChI is InChI=1S/C21H37NO2Si/c1-19(2,3)18-15-21(7,24-25(8,9)20(4,5)6)23-22(18)16-17-13-11-10-12-14-17/h10-14,18H,15-16H2,1-9H3/t18-,21+/m0/s1. The summed E-state index contributed by atoms with van der Waals surface area (Å²) in [6, 6.07) is 10.9. The van der Waals surface area contributed by atoms with Crippen LogP contribution in [0.25, 0.3) is 0 Å². The van der Waals surface area contributed by atoms with Gasteiger partial charge in [-0.15, -0.1) is 0 Å². The molecule has 2 atom stereocenters. The fourth-order valence-electron chi connectivity index (χ4n) is 3.20. The molecular formula is C21H37NO2Si. The van der Waals surface area contributed by atoms with Gasteiger partial charge in [0.25, 0.3) is 0 Å². The van der Waals surface area contributed by atoms with Crippen molar-refractivity contribution in [1.29, 1.82) is 0 Å². The van der Waals surface area contributed by atoms with Crippen LogP contribution in [0, 0.1) is 5.41 Å². The Kier molecular flexibility index (Phi) is 5.61. The van der Waals surface area contributed by atoms with E-state index in [4.69, 9.17) is 9.26 Å². The Morgan fingerprint density at radius 1 is 1.12 bits per heavy atom. The molecular weight excluding hydrogens is 326 g/mol. The molecule has 3 nitrogen and oxygen atoms in total. The quantitative estimate of drug-likeness (QED) is 0.614. The summed E-state index contributed by atoms with van der Waals surface area (Å²) in [7, 11) is -1.90. The first-order valence-corrected chi connectivity index (χ1v) is 12.3. The van der Waals surface area contributed by atoms with Crippen molar-refractivity contribution >= 4 is 8.32 Å². The SMILES string of the molecule is CC(C)(C)[C@@H]1C[C@@](C)(O[Si](C)(C)C(C)(C)C)ON1Cc1ccccc1. The minimum absolute atomic E-state index is 0.128. The number of hydroxylamine groups is 2. The van der Waals surface area contributed by atoms with Gasteiger partial charge in [0.05, 0.1) is 0 Å². The van der Waals surface area contributed by atoms with Gasteiger partial charge in [-0.25, -0.2) is 0 Å². The van der Waals surface area contributed by atoms with Gasteiger partial charge in [-0.1, -0.05) is 71.9 Å². The molecule has 0 unspecified atom stereocenters. The maximum Gasteiger partial charge on any atom is 0.195 e. The van der Waals surface area contributed by atoms with Gasteiger partial charge in [-0.2, -0.15) is 5.06 Å². The molecule has 0 bridgehead atoms. The van der Waals surface area contributed by atoms with Gasteiger partial charge < -0.3 is 4.43 Å². The minimum atomic E-state index is -1.90. The number of hydrogen-bond donors (Lipinski definition) is 0. The second-order valence-electron chi connectivity index (χ2n) is 10.2. The topological polar surface area (TPSA) is 21.7 Å². The van der Waals surface area contributed by atoms with Crippen molar-refractivity contribution in [3.63, 3.8) is 0 Å². The lowest BCUT2D eigenvalue weighted by Gasteiger charge is -2.41. The van der Waals surface area contributed by atoms with Crippen molar-refractivity contribution in [2.24, 2.45) is 5.41 Å². The third-order valence-electron chi connectivity index (χ3n) is 5.68. The van der Waals surface area contributed by atoms with Gasteiger partial charge in [0.2, 0.25) is 0 Å². The highest BCUT2D eigenvalue weighted by Crippen LogP contribution is 2.46. The molecule has 2 rings (SSSR count). The molecule has 1 aliphatic heterocycles. The Hall–Kier alpha value is -0.683. The minimum Gasteiger partial charge on any atom is -0.389 e. The first-order valence-electron chi connectivity index (χ1n) is 9.43. The largest absolute Gasteiger partial charge is 0.389 e. The van der Waals surface area contributed by atoms with Crippen molar-refractivity contribution in [3.8, 4) is 0 Å². The van der Waals surface area contributed by atoms with E-state index in [1.165, 1.54) is 5.56 Å². The van der Waals surface area contributed by atoms with E-state index >= 15 is 0 Å². The highest BCUT2D eigenvalue weighted by Gasteiger charge is 2.52. The Labute approximate surface area is 155 Å². The first kappa shape index (κ1) is 20.6. The smallest absolute Gasteiger partial charge is 0.195 e. The second kappa shape index (κ2) is 6.80. The molecule has 4 heteroatoms. The predicted octanol–water partition coefficient (Wildman–Crippen LogP) is 5.98. The normalized spacial score (nSPS) is 26.2. The van der Waals surface area contributed by atoms with Crippen LogP contribution in [0.3, 0.4) is 0 Å². The molecule has 0 N–H and O–H groups in total. The molecule has 0 amide bonds. The van der Waals surface area contributed by atoms with Crippen LogP contribution < -0.4 is 0 Å². The van der Waals surface area contributed by atoms with Gasteiger partial charge in [0.1, 0.15) is 0 Å². The van der Waals surface area contributed by atoms with Gasteiger partial charge in [-0.3, -0.25) is 4.84 Å². The Balaban J connectivity index is 2.23.